The largest absolute Gasteiger partial charge is 0.367 e. The maximum absolute atomic E-state index is 13.0. The van der Waals surface area contributed by atoms with Gasteiger partial charge in [0.25, 0.3) is 11.4 Å². The number of fused-ring (bicyclic) bond motifs is 1. The first-order valence-corrected chi connectivity index (χ1v) is 8.99. The Morgan fingerprint density at radius 3 is 2.18 bits per heavy atom. The number of Topliss-reactive ketones (excluding diaryl/α,β-unsaturated/α-hetero) is 1. The quantitative estimate of drug-likeness (QED) is 0.591. The Morgan fingerprint density at radius 2 is 1.54 bits per heavy atom. The van der Waals surface area contributed by atoms with Crippen LogP contribution < -0.4 is 0 Å². The maximum Gasteiger partial charge on any atom is 0.270 e. The average molecular weight is 379 g/mol. The average Bonchev–Trinajstić information content (AvgIpc) is 3.15. The van der Waals surface area contributed by atoms with Crippen molar-refractivity contribution in [2.45, 2.75) is 25.3 Å². The van der Waals surface area contributed by atoms with Crippen LogP contribution in [0.2, 0.25) is 0 Å². The fraction of sp³-hybridized carbons (Fsp3) is 0.250. The Labute approximate surface area is 160 Å². The van der Waals surface area contributed by atoms with Gasteiger partial charge in [-0.3, -0.25) is 25.0 Å². The molecule has 28 heavy (non-hydrogen) atoms. The molecule has 1 saturated heterocycles. The molecule has 0 radical (unpaired) electrons. The molecule has 0 aromatic heterocycles. The summed E-state index contributed by atoms with van der Waals surface area (Å²) in [6, 6.07) is 12.3. The molecule has 2 aromatic carbocycles. The van der Waals surface area contributed by atoms with Crippen molar-refractivity contribution in [3.05, 3.63) is 79.9 Å². The van der Waals surface area contributed by atoms with E-state index in [1.165, 1.54) is 24.3 Å². The summed E-state index contributed by atoms with van der Waals surface area (Å²) in [5.41, 5.74) is 1.91. The number of ketones is 1. The predicted octanol–water partition coefficient (Wildman–Crippen LogP) is 3.81. The van der Waals surface area contributed by atoms with Crippen LogP contribution in [0.25, 0.3) is 11.3 Å². The number of allylic oxidation sites excluding steroid dienone is 1. The van der Waals surface area contributed by atoms with E-state index in [2.05, 4.69) is 4.90 Å². The zero-order valence-corrected chi connectivity index (χ0v) is 14.9. The second kappa shape index (κ2) is 6.88. The van der Waals surface area contributed by atoms with E-state index in [-0.39, 0.29) is 23.2 Å². The number of carbonyl (C=O) groups excluding carboxylic acids is 1. The summed E-state index contributed by atoms with van der Waals surface area (Å²) in [4.78, 5) is 36.6. The monoisotopic (exact) mass is 379 g/mol. The smallest absolute Gasteiger partial charge is 0.270 e. The molecule has 2 heterocycles. The number of nitro groups is 2. The predicted molar refractivity (Wildman–Crippen MR) is 102 cm³/mol. The fourth-order valence-corrected chi connectivity index (χ4v) is 4.08. The van der Waals surface area contributed by atoms with Gasteiger partial charge in [-0.15, -0.1) is 0 Å². The van der Waals surface area contributed by atoms with Gasteiger partial charge >= 0.3 is 0 Å². The second-order valence-corrected chi connectivity index (χ2v) is 6.96. The molecule has 0 unspecified atom stereocenters. The molecule has 0 saturated carbocycles. The van der Waals surface area contributed by atoms with E-state index < -0.39 is 9.85 Å². The minimum Gasteiger partial charge on any atom is -0.367 e. The van der Waals surface area contributed by atoms with Gasteiger partial charge in [0, 0.05) is 54.4 Å². The number of nitrogens with zero attached hydrogens (tertiary/aromatic N) is 3. The van der Waals surface area contributed by atoms with Gasteiger partial charge in [0.05, 0.1) is 15.5 Å². The van der Waals surface area contributed by atoms with Crippen LogP contribution in [0, 0.1) is 20.2 Å². The number of non-ortho nitro benzene ring substituents is 2. The Bertz CT molecular complexity index is 1030. The van der Waals surface area contributed by atoms with Crippen molar-refractivity contribution in [2.24, 2.45) is 0 Å². The summed E-state index contributed by atoms with van der Waals surface area (Å²) in [6.07, 6.45) is 2.15. The molecule has 2 aliphatic heterocycles. The topological polar surface area (TPSA) is 107 Å². The first-order chi connectivity index (χ1) is 13.5. The molecule has 4 rings (SSSR count). The molecule has 1 fully saturated rings. The molecule has 0 bridgehead atoms. The van der Waals surface area contributed by atoms with Gasteiger partial charge in [-0.05, 0) is 18.4 Å². The van der Waals surface area contributed by atoms with Crippen molar-refractivity contribution in [3.63, 3.8) is 0 Å². The second-order valence-electron chi connectivity index (χ2n) is 6.96. The van der Waals surface area contributed by atoms with Crippen molar-refractivity contribution in [2.75, 3.05) is 6.54 Å². The first kappa shape index (κ1) is 17.8. The summed E-state index contributed by atoms with van der Waals surface area (Å²) in [7, 11) is 0. The van der Waals surface area contributed by atoms with E-state index >= 15 is 0 Å². The third-order valence-electron chi connectivity index (χ3n) is 5.28. The van der Waals surface area contributed by atoms with E-state index in [4.69, 9.17) is 0 Å². The van der Waals surface area contributed by atoms with Crippen LogP contribution in [0.1, 0.15) is 30.4 Å². The highest BCUT2D eigenvalue weighted by molar-refractivity contribution is 6.29. The lowest BCUT2D eigenvalue weighted by molar-refractivity contribution is -0.385. The Hall–Kier alpha value is -3.55. The number of benzene rings is 2. The van der Waals surface area contributed by atoms with Gasteiger partial charge in [0.15, 0.2) is 5.78 Å². The van der Waals surface area contributed by atoms with E-state index in [1.807, 2.05) is 0 Å². The van der Waals surface area contributed by atoms with Crippen molar-refractivity contribution in [3.8, 4) is 0 Å². The van der Waals surface area contributed by atoms with Gasteiger partial charge in [0.2, 0.25) is 0 Å². The molecule has 2 aliphatic rings. The number of hydrogen-bond acceptors (Lipinski definition) is 6. The molecule has 8 nitrogen and oxygen atoms in total. The van der Waals surface area contributed by atoms with E-state index in [1.54, 1.807) is 24.3 Å². The van der Waals surface area contributed by atoms with Gasteiger partial charge in [0.1, 0.15) is 0 Å². The molecule has 0 spiro atoms. The lowest BCUT2D eigenvalue weighted by Gasteiger charge is -2.35. The molecule has 0 amide bonds. The number of carbonyl (C=O) groups is 1. The van der Waals surface area contributed by atoms with E-state index in [0.29, 0.717) is 28.8 Å². The Kier molecular flexibility index (Phi) is 4.38. The molecular weight excluding hydrogens is 362 g/mol. The Balaban J connectivity index is 1.96. The molecule has 1 atom stereocenters. The molecule has 0 aliphatic carbocycles. The first-order valence-electron chi connectivity index (χ1n) is 8.99. The van der Waals surface area contributed by atoms with Crippen LogP contribution in [0.4, 0.5) is 11.4 Å². The van der Waals surface area contributed by atoms with Gasteiger partial charge < -0.3 is 4.90 Å². The van der Waals surface area contributed by atoms with E-state index in [0.717, 1.165) is 19.4 Å². The van der Waals surface area contributed by atoms with Crippen LogP contribution >= 0.6 is 0 Å². The third-order valence-corrected chi connectivity index (χ3v) is 5.28. The van der Waals surface area contributed by atoms with Crippen LogP contribution in [0.15, 0.2) is 48.5 Å². The zero-order chi connectivity index (χ0) is 19.8. The lowest BCUT2D eigenvalue weighted by atomic mass is 9.87. The highest BCUT2D eigenvalue weighted by atomic mass is 16.6. The summed E-state index contributed by atoms with van der Waals surface area (Å²) in [6.45, 7) is 0.744. The molecule has 8 heteroatoms. The normalized spacial score (nSPS) is 18.9. The minimum atomic E-state index is -0.497. The summed E-state index contributed by atoms with van der Waals surface area (Å²) in [5, 5.41) is 22.4. The van der Waals surface area contributed by atoms with Gasteiger partial charge in [-0.2, -0.15) is 0 Å². The van der Waals surface area contributed by atoms with Crippen molar-refractivity contribution >= 4 is 28.4 Å². The maximum atomic E-state index is 13.0. The fourth-order valence-electron chi connectivity index (χ4n) is 4.08. The van der Waals surface area contributed by atoms with E-state index in [9.17, 15) is 25.0 Å². The SMILES string of the molecule is O=C1C[C@H]2CCCN2C(c2cccc([N+](=O)[O-])c2)=C1c1cccc([N+](=O)[O-])c1. The number of hydrogen-bond donors (Lipinski definition) is 0. The minimum absolute atomic E-state index is 0.0582. The Morgan fingerprint density at radius 1 is 0.929 bits per heavy atom. The van der Waals surface area contributed by atoms with Crippen LogP contribution in [-0.2, 0) is 4.79 Å². The molecule has 2 aromatic rings. The third kappa shape index (κ3) is 3.02. The van der Waals surface area contributed by atoms with Gasteiger partial charge in [-0.1, -0.05) is 24.3 Å². The molecular formula is C20H17N3O5. The molecule has 142 valence electrons. The van der Waals surface area contributed by atoms with Crippen molar-refractivity contribution < 1.29 is 14.6 Å². The number of nitro benzene ring substituents is 2. The zero-order valence-electron chi connectivity index (χ0n) is 14.9. The highest BCUT2D eigenvalue weighted by Crippen LogP contribution is 2.42. The summed E-state index contributed by atoms with van der Waals surface area (Å²) >= 11 is 0. The van der Waals surface area contributed by atoms with Crippen LogP contribution in [0.3, 0.4) is 0 Å². The van der Waals surface area contributed by atoms with Crippen LogP contribution in [-0.4, -0.2) is 33.1 Å². The van der Waals surface area contributed by atoms with Crippen molar-refractivity contribution in [1.29, 1.82) is 0 Å². The summed E-state index contributed by atoms with van der Waals surface area (Å²) < 4.78 is 0. The highest BCUT2D eigenvalue weighted by Gasteiger charge is 2.38. The van der Waals surface area contributed by atoms with Crippen molar-refractivity contribution in [1.82, 2.24) is 4.90 Å². The number of rotatable bonds is 4. The lowest BCUT2D eigenvalue weighted by Crippen LogP contribution is -2.36. The molecule has 0 N–H and O–H groups in total. The van der Waals surface area contributed by atoms with Gasteiger partial charge in [-0.25, -0.2) is 0 Å². The standard InChI is InChI=1S/C20H17N3O5/c24-18-12-15-8-3-9-21(15)20(14-5-2-7-17(11-14)23(27)28)19(18)13-4-1-6-16(10-13)22(25)26/h1-2,4-7,10-11,15H,3,8-9,12H2/t15-/m1/s1. The van der Waals surface area contributed by atoms with Crippen LogP contribution in [0.5, 0.6) is 0 Å². The summed E-state index contributed by atoms with van der Waals surface area (Å²) in [5.74, 6) is -0.0924.